The number of rotatable bonds is 70. The Kier molecular flexibility index (Phi) is 69.0. The molecule has 0 aromatic carbocycles. The van der Waals surface area contributed by atoms with E-state index in [0.29, 0.717) is 19.3 Å². The van der Waals surface area contributed by atoms with Crippen molar-refractivity contribution in [2.75, 3.05) is 13.2 Å². The molecule has 0 fully saturated rings. The number of carbonyl (C=O) groups excluding carboxylic acids is 3. The normalized spacial score (nSPS) is 12.0. The summed E-state index contributed by atoms with van der Waals surface area (Å²) in [4.78, 5) is 38.3. The van der Waals surface area contributed by atoms with Crippen molar-refractivity contribution in [2.45, 2.75) is 438 Å². The van der Waals surface area contributed by atoms with Crippen LogP contribution in [0.25, 0.3) is 0 Å². The average Bonchev–Trinajstić information content (AvgIpc) is 3.47. The van der Waals surface area contributed by atoms with Crippen molar-refractivity contribution in [3.05, 3.63) is 12.2 Å². The zero-order valence-electron chi connectivity index (χ0n) is 55.4. The van der Waals surface area contributed by atoms with Crippen LogP contribution in [0.2, 0.25) is 0 Å². The molecule has 0 aliphatic heterocycles. The fourth-order valence-electron chi connectivity index (χ4n) is 11.7. The minimum absolute atomic E-state index is 0.0641. The van der Waals surface area contributed by atoms with Crippen molar-refractivity contribution in [3.8, 4) is 0 Å². The second-order valence-electron chi connectivity index (χ2n) is 25.6. The highest BCUT2D eigenvalue weighted by Crippen LogP contribution is 2.19. The van der Waals surface area contributed by atoms with Gasteiger partial charge in [0.25, 0.3) is 0 Å². The lowest BCUT2D eigenvalue weighted by atomic mass is 10.0. The second-order valence-corrected chi connectivity index (χ2v) is 25.6. The fraction of sp³-hybridized carbons (Fsp3) is 0.933. The van der Waals surface area contributed by atoms with Crippen LogP contribution in [0.15, 0.2) is 12.2 Å². The minimum atomic E-state index is -0.767. The number of carbonyl (C=O) groups is 3. The van der Waals surface area contributed by atoms with Crippen molar-refractivity contribution < 1.29 is 28.6 Å². The molecule has 0 aromatic heterocycles. The first-order valence-corrected chi connectivity index (χ1v) is 37.2. The third kappa shape index (κ3) is 68.8. The molecule has 1 atom stereocenters. The Hall–Kier alpha value is -1.85. The predicted molar refractivity (Wildman–Crippen MR) is 353 cm³/mol. The molecular formula is C75H144O6. The molecule has 6 heteroatoms. The quantitative estimate of drug-likeness (QED) is 0.0261. The fourth-order valence-corrected chi connectivity index (χ4v) is 11.7. The van der Waals surface area contributed by atoms with Crippen molar-refractivity contribution >= 4 is 17.9 Å². The molecular weight excluding hydrogens is 997 g/mol. The van der Waals surface area contributed by atoms with E-state index in [0.717, 1.165) is 57.8 Å². The summed E-state index contributed by atoms with van der Waals surface area (Å²) in [6.45, 7) is 6.71. The van der Waals surface area contributed by atoms with Crippen LogP contribution in [0.4, 0.5) is 0 Å². The summed E-state index contributed by atoms with van der Waals surface area (Å²) in [6, 6.07) is 0. The van der Waals surface area contributed by atoms with E-state index in [1.165, 1.54) is 334 Å². The molecule has 0 rings (SSSR count). The van der Waals surface area contributed by atoms with Gasteiger partial charge < -0.3 is 14.2 Å². The van der Waals surface area contributed by atoms with Crippen LogP contribution in [0.3, 0.4) is 0 Å². The first-order chi connectivity index (χ1) is 40.0. The molecule has 0 saturated carbocycles. The van der Waals surface area contributed by atoms with E-state index in [-0.39, 0.29) is 31.1 Å². The topological polar surface area (TPSA) is 78.9 Å². The van der Waals surface area contributed by atoms with Gasteiger partial charge in [-0.05, 0) is 44.9 Å². The molecule has 0 aliphatic carbocycles. The molecule has 0 heterocycles. The van der Waals surface area contributed by atoms with Gasteiger partial charge in [0.15, 0.2) is 6.10 Å². The van der Waals surface area contributed by atoms with Crippen LogP contribution >= 0.6 is 0 Å². The first-order valence-electron chi connectivity index (χ1n) is 37.2. The third-order valence-electron chi connectivity index (χ3n) is 17.3. The summed E-state index contributed by atoms with van der Waals surface area (Å²) in [6.07, 6.45) is 85.6. The van der Waals surface area contributed by atoms with Gasteiger partial charge in [0.2, 0.25) is 0 Å². The lowest BCUT2D eigenvalue weighted by molar-refractivity contribution is -0.167. The van der Waals surface area contributed by atoms with Gasteiger partial charge in [-0.1, -0.05) is 380 Å². The van der Waals surface area contributed by atoms with Crippen LogP contribution in [0.1, 0.15) is 432 Å². The van der Waals surface area contributed by atoms with Crippen molar-refractivity contribution in [1.29, 1.82) is 0 Å². The summed E-state index contributed by atoms with van der Waals surface area (Å²) >= 11 is 0. The summed E-state index contributed by atoms with van der Waals surface area (Å²) in [5, 5.41) is 0. The van der Waals surface area contributed by atoms with E-state index >= 15 is 0 Å². The van der Waals surface area contributed by atoms with Crippen LogP contribution in [0, 0.1) is 0 Å². The standard InChI is InChI=1S/C75H144O6/c1-4-7-10-13-16-19-22-24-26-28-30-32-33-34-35-36-37-38-39-40-41-42-44-45-47-49-51-53-56-59-62-65-68-74(77)80-71-72(70-79-73(76)67-64-61-58-55-21-18-15-12-9-6-3)81-75(78)69-66-63-60-57-54-52-50-48-46-43-31-29-27-25-23-20-17-14-11-8-5-2/h29,31,72H,4-28,30,32-71H2,1-3H3/b31-29-. The maximum atomic E-state index is 12.9. The van der Waals surface area contributed by atoms with Gasteiger partial charge in [-0.2, -0.15) is 0 Å². The van der Waals surface area contributed by atoms with E-state index in [4.69, 9.17) is 14.2 Å². The molecule has 6 nitrogen and oxygen atoms in total. The third-order valence-corrected chi connectivity index (χ3v) is 17.3. The number of allylic oxidation sites excluding steroid dienone is 2. The molecule has 0 aromatic rings. The average molecular weight is 1140 g/mol. The molecule has 0 N–H and O–H groups in total. The van der Waals surface area contributed by atoms with Gasteiger partial charge in [-0.15, -0.1) is 0 Å². The van der Waals surface area contributed by atoms with Crippen molar-refractivity contribution in [2.24, 2.45) is 0 Å². The maximum Gasteiger partial charge on any atom is 0.306 e. The number of unbranched alkanes of at least 4 members (excludes halogenated alkanes) is 57. The highest BCUT2D eigenvalue weighted by atomic mass is 16.6. The summed E-state index contributed by atoms with van der Waals surface area (Å²) in [5.41, 5.74) is 0. The Labute approximate surface area is 507 Å². The van der Waals surface area contributed by atoms with Crippen LogP contribution in [-0.4, -0.2) is 37.2 Å². The van der Waals surface area contributed by atoms with E-state index in [2.05, 4.69) is 32.9 Å². The van der Waals surface area contributed by atoms with Gasteiger partial charge in [-0.25, -0.2) is 0 Å². The number of hydrogen-bond donors (Lipinski definition) is 0. The summed E-state index contributed by atoms with van der Waals surface area (Å²) < 4.78 is 17.0. The van der Waals surface area contributed by atoms with Gasteiger partial charge in [0.1, 0.15) is 13.2 Å². The van der Waals surface area contributed by atoms with Gasteiger partial charge in [0.05, 0.1) is 0 Å². The number of ether oxygens (including phenoxy) is 3. The van der Waals surface area contributed by atoms with Crippen LogP contribution < -0.4 is 0 Å². The molecule has 0 aliphatic rings. The Bertz CT molecular complexity index is 1260. The molecule has 0 radical (unpaired) electrons. The summed E-state index contributed by atoms with van der Waals surface area (Å²) in [7, 11) is 0. The first kappa shape index (κ1) is 79.2. The zero-order chi connectivity index (χ0) is 58.5. The molecule has 0 spiro atoms. The van der Waals surface area contributed by atoms with Crippen molar-refractivity contribution in [1.82, 2.24) is 0 Å². The maximum absolute atomic E-state index is 12.9. The smallest absolute Gasteiger partial charge is 0.306 e. The predicted octanol–water partition coefficient (Wildman–Crippen LogP) is 25.6. The summed E-state index contributed by atoms with van der Waals surface area (Å²) in [5.74, 6) is -0.834. The second kappa shape index (κ2) is 70.6. The highest BCUT2D eigenvalue weighted by Gasteiger charge is 2.20. The van der Waals surface area contributed by atoms with E-state index < -0.39 is 6.10 Å². The largest absolute Gasteiger partial charge is 0.462 e. The van der Waals surface area contributed by atoms with Gasteiger partial charge in [-0.3, -0.25) is 14.4 Å². The van der Waals surface area contributed by atoms with Crippen LogP contribution in [0.5, 0.6) is 0 Å². The number of hydrogen-bond acceptors (Lipinski definition) is 6. The van der Waals surface area contributed by atoms with Crippen molar-refractivity contribution in [3.63, 3.8) is 0 Å². The Balaban J connectivity index is 4.05. The molecule has 0 saturated heterocycles. The van der Waals surface area contributed by atoms with E-state index in [1.807, 2.05) is 0 Å². The van der Waals surface area contributed by atoms with E-state index in [9.17, 15) is 14.4 Å². The molecule has 0 amide bonds. The molecule has 1 unspecified atom stereocenters. The molecule has 0 bridgehead atoms. The SMILES string of the molecule is CCCCCCCCCC/C=C\CCCCCCCCCCCC(=O)OC(COC(=O)CCCCCCCCCCCC)COC(=O)CCCCCCCCCCCCCCCCCCCCCCCCCCCCCCCCCC. The lowest BCUT2D eigenvalue weighted by Gasteiger charge is -2.18. The Morgan fingerprint density at radius 3 is 0.617 bits per heavy atom. The van der Waals surface area contributed by atoms with Gasteiger partial charge in [0, 0.05) is 19.3 Å². The number of esters is 3. The monoisotopic (exact) mass is 1140 g/mol. The minimum Gasteiger partial charge on any atom is -0.462 e. The Morgan fingerprint density at radius 1 is 0.235 bits per heavy atom. The lowest BCUT2D eigenvalue weighted by Crippen LogP contribution is -2.30. The van der Waals surface area contributed by atoms with Gasteiger partial charge >= 0.3 is 17.9 Å². The molecule has 81 heavy (non-hydrogen) atoms. The Morgan fingerprint density at radius 2 is 0.407 bits per heavy atom. The molecule has 480 valence electrons. The zero-order valence-corrected chi connectivity index (χ0v) is 55.4. The van der Waals surface area contributed by atoms with E-state index in [1.54, 1.807) is 0 Å². The highest BCUT2D eigenvalue weighted by molar-refractivity contribution is 5.71. The van der Waals surface area contributed by atoms with Crippen LogP contribution in [-0.2, 0) is 28.6 Å².